The minimum absolute atomic E-state index is 0.154. The quantitative estimate of drug-likeness (QED) is 0.760. The van der Waals surface area contributed by atoms with E-state index in [1.807, 2.05) is 47.8 Å². The van der Waals surface area contributed by atoms with E-state index >= 15 is 0 Å². The van der Waals surface area contributed by atoms with Gasteiger partial charge in [0.05, 0.1) is 10.3 Å². The summed E-state index contributed by atoms with van der Waals surface area (Å²) in [7, 11) is 0. The predicted octanol–water partition coefficient (Wildman–Crippen LogP) is 3.39. The number of nitrogens with one attached hydrogen (secondary N) is 1. The van der Waals surface area contributed by atoms with Crippen molar-refractivity contribution in [3.05, 3.63) is 66.0 Å². The van der Waals surface area contributed by atoms with E-state index in [4.69, 9.17) is 0 Å². The zero-order valence-electron chi connectivity index (χ0n) is 13.2. The molecule has 1 N–H and O–H groups in total. The molecule has 1 aromatic heterocycles. The Kier molecular flexibility index (Phi) is 4.71. The van der Waals surface area contributed by atoms with Crippen molar-refractivity contribution < 1.29 is 4.79 Å². The summed E-state index contributed by atoms with van der Waals surface area (Å²) < 4.78 is 1.98. The lowest BCUT2D eigenvalue weighted by Gasteiger charge is -2.11. The first-order valence-electron chi connectivity index (χ1n) is 7.77. The Morgan fingerprint density at radius 1 is 1.12 bits per heavy atom. The van der Waals surface area contributed by atoms with Gasteiger partial charge >= 0.3 is 0 Å². The highest BCUT2D eigenvalue weighted by Gasteiger charge is 2.18. The first-order chi connectivity index (χ1) is 12.3. The van der Waals surface area contributed by atoms with Gasteiger partial charge < -0.3 is 5.32 Å². The molecule has 2 heterocycles. The highest BCUT2D eigenvalue weighted by atomic mass is 32.2. The van der Waals surface area contributed by atoms with Crippen LogP contribution in [0.2, 0.25) is 0 Å². The summed E-state index contributed by atoms with van der Waals surface area (Å²) in [5.41, 5.74) is 3.35. The van der Waals surface area contributed by atoms with Gasteiger partial charge in [-0.25, -0.2) is 4.68 Å². The van der Waals surface area contributed by atoms with Crippen LogP contribution < -0.4 is 5.32 Å². The monoisotopic (exact) mass is 369 g/mol. The van der Waals surface area contributed by atoms with Gasteiger partial charge in [0.25, 0.3) is 5.91 Å². The number of tetrazole rings is 1. The highest BCUT2D eigenvalue weighted by Crippen LogP contribution is 2.45. The van der Waals surface area contributed by atoms with E-state index in [-0.39, 0.29) is 5.91 Å². The first kappa shape index (κ1) is 16.2. The van der Waals surface area contributed by atoms with Gasteiger partial charge in [0.15, 0.2) is 0 Å². The molecule has 25 heavy (non-hydrogen) atoms. The number of nitrogens with zero attached hydrogens (tertiary/aromatic N) is 4. The summed E-state index contributed by atoms with van der Waals surface area (Å²) in [6.07, 6.45) is 1.50. The molecule has 0 saturated carbocycles. The molecule has 8 heteroatoms. The average molecular weight is 369 g/mol. The number of amides is 1. The third-order valence-electron chi connectivity index (χ3n) is 3.76. The van der Waals surface area contributed by atoms with E-state index in [1.54, 1.807) is 12.1 Å². The highest BCUT2D eigenvalue weighted by molar-refractivity contribution is 8.19. The van der Waals surface area contributed by atoms with Crippen LogP contribution in [0.5, 0.6) is 0 Å². The van der Waals surface area contributed by atoms with Gasteiger partial charge in [-0.15, -0.1) is 28.6 Å². The Morgan fingerprint density at radius 3 is 2.76 bits per heavy atom. The van der Waals surface area contributed by atoms with Gasteiger partial charge in [0, 0.05) is 22.8 Å². The van der Waals surface area contributed by atoms with Crippen LogP contribution in [0, 0.1) is 0 Å². The van der Waals surface area contributed by atoms with Crippen molar-refractivity contribution in [3.63, 3.8) is 0 Å². The van der Waals surface area contributed by atoms with E-state index in [2.05, 4.69) is 33.0 Å². The fourth-order valence-corrected chi connectivity index (χ4v) is 5.42. The smallest absolute Gasteiger partial charge is 0.255 e. The Labute approximate surface area is 153 Å². The average Bonchev–Trinajstić information content (AvgIpc) is 3.36. The Balaban J connectivity index is 1.52. The van der Waals surface area contributed by atoms with Gasteiger partial charge in [-0.2, -0.15) is 0 Å². The molecular weight excluding hydrogens is 354 g/mol. The van der Waals surface area contributed by atoms with Crippen molar-refractivity contribution in [1.82, 2.24) is 20.2 Å². The summed E-state index contributed by atoms with van der Waals surface area (Å²) in [4.78, 5) is 12.6. The second-order valence-corrected chi connectivity index (χ2v) is 8.18. The molecular formula is C17H15N5OS2. The van der Waals surface area contributed by atoms with E-state index in [1.165, 1.54) is 28.1 Å². The Hall–Kier alpha value is -2.32. The van der Waals surface area contributed by atoms with Crippen molar-refractivity contribution in [3.8, 4) is 5.69 Å². The van der Waals surface area contributed by atoms with Crippen molar-refractivity contribution in [2.75, 3.05) is 16.8 Å². The maximum Gasteiger partial charge on any atom is 0.255 e. The lowest BCUT2D eigenvalue weighted by Crippen LogP contribution is -2.12. The van der Waals surface area contributed by atoms with Gasteiger partial charge in [-0.3, -0.25) is 4.79 Å². The largest absolute Gasteiger partial charge is 0.322 e. The van der Waals surface area contributed by atoms with Crippen molar-refractivity contribution in [2.24, 2.45) is 0 Å². The summed E-state index contributed by atoms with van der Waals surface area (Å²) in [6.45, 7) is 0. The number of anilines is 1. The number of carbonyl (C=O) groups is 1. The fraction of sp³-hybridized carbons (Fsp3) is 0.176. The zero-order chi connectivity index (χ0) is 17.1. The third kappa shape index (κ3) is 3.69. The molecule has 0 spiro atoms. The van der Waals surface area contributed by atoms with Crippen LogP contribution >= 0.6 is 23.5 Å². The standard InChI is InChI=1S/C17H15N5OS2/c23-16(12-3-2-6-15(10-12)22-11-18-20-21-22)19-14-5-1-4-13(9-14)17-24-7-8-25-17/h1-6,9-11,17H,7-8H2,(H,19,23). The summed E-state index contributed by atoms with van der Waals surface area (Å²) in [5, 5.41) is 14.1. The van der Waals surface area contributed by atoms with Crippen LogP contribution in [0.25, 0.3) is 5.69 Å². The van der Waals surface area contributed by atoms with Gasteiger partial charge in [-0.05, 0) is 46.3 Å². The molecule has 1 fully saturated rings. The van der Waals surface area contributed by atoms with Crippen LogP contribution in [0.4, 0.5) is 5.69 Å². The lowest BCUT2D eigenvalue weighted by atomic mass is 10.1. The molecule has 1 aliphatic rings. The van der Waals surface area contributed by atoms with Crippen LogP contribution in [0.15, 0.2) is 54.9 Å². The molecule has 1 aliphatic heterocycles. The van der Waals surface area contributed by atoms with E-state index in [0.717, 1.165) is 11.4 Å². The predicted molar refractivity (Wildman–Crippen MR) is 101 cm³/mol. The normalized spacial score (nSPS) is 14.6. The molecule has 0 aliphatic carbocycles. The van der Waals surface area contributed by atoms with Crippen LogP contribution in [-0.4, -0.2) is 37.6 Å². The number of carbonyl (C=O) groups excluding carboxylic acids is 1. The molecule has 0 radical (unpaired) electrons. The number of hydrogen-bond donors (Lipinski definition) is 1. The van der Waals surface area contributed by atoms with Crippen LogP contribution in [-0.2, 0) is 0 Å². The minimum Gasteiger partial charge on any atom is -0.322 e. The zero-order valence-corrected chi connectivity index (χ0v) is 14.8. The van der Waals surface area contributed by atoms with E-state index < -0.39 is 0 Å². The second-order valence-electron chi connectivity index (χ2n) is 5.46. The molecule has 1 amide bonds. The Morgan fingerprint density at radius 2 is 1.96 bits per heavy atom. The number of aromatic nitrogens is 4. The number of hydrogen-bond acceptors (Lipinski definition) is 6. The Bertz CT molecular complexity index is 878. The first-order valence-corrected chi connectivity index (χ1v) is 9.87. The van der Waals surface area contributed by atoms with Gasteiger partial charge in [-0.1, -0.05) is 18.2 Å². The van der Waals surface area contributed by atoms with Crippen molar-refractivity contribution >= 4 is 35.1 Å². The fourth-order valence-electron chi connectivity index (χ4n) is 2.59. The second kappa shape index (κ2) is 7.28. The molecule has 126 valence electrons. The molecule has 1 saturated heterocycles. The van der Waals surface area contributed by atoms with Crippen molar-refractivity contribution in [1.29, 1.82) is 0 Å². The molecule has 0 bridgehead atoms. The van der Waals surface area contributed by atoms with Crippen LogP contribution in [0.3, 0.4) is 0 Å². The summed E-state index contributed by atoms with van der Waals surface area (Å²) in [6, 6.07) is 15.3. The SMILES string of the molecule is O=C(Nc1cccc(C2SCCS2)c1)c1cccc(-n2cnnn2)c1. The third-order valence-corrected chi connectivity index (χ3v) is 6.86. The molecule has 4 rings (SSSR count). The topological polar surface area (TPSA) is 72.7 Å². The molecule has 2 aromatic carbocycles. The van der Waals surface area contributed by atoms with Crippen LogP contribution in [0.1, 0.15) is 20.5 Å². The van der Waals surface area contributed by atoms with E-state index in [0.29, 0.717) is 10.1 Å². The molecule has 3 aromatic rings. The number of thioether (sulfide) groups is 2. The lowest BCUT2D eigenvalue weighted by molar-refractivity contribution is 0.102. The minimum atomic E-state index is -0.154. The van der Waals surface area contributed by atoms with Gasteiger partial charge in [0.2, 0.25) is 0 Å². The maximum absolute atomic E-state index is 12.6. The molecule has 0 atom stereocenters. The maximum atomic E-state index is 12.6. The van der Waals surface area contributed by atoms with Gasteiger partial charge in [0.1, 0.15) is 6.33 Å². The summed E-state index contributed by atoms with van der Waals surface area (Å²) >= 11 is 3.90. The number of rotatable bonds is 4. The van der Waals surface area contributed by atoms with E-state index in [9.17, 15) is 4.79 Å². The number of benzene rings is 2. The molecule has 6 nitrogen and oxygen atoms in total. The summed E-state index contributed by atoms with van der Waals surface area (Å²) in [5.74, 6) is 2.20. The molecule has 0 unspecified atom stereocenters. The van der Waals surface area contributed by atoms with Crippen molar-refractivity contribution in [2.45, 2.75) is 4.58 Å².